The molecule has 0 atom stereocenters. The van der Waals surface area contributed by atoms with E-state index in [-0.39, 0.29) is 5.91 Å². The van der Waals surface area contributed by atoms with Gasteiger partial charge in [0, 0.05) is 6.42 Å². The lowest BCUT2D eigenvalue weighted by Gasteiger charge is -2.02. The van der Waals surface area contributed by atoms with Gasteiger partial charge in [0.1, 0.15) is 0 Å². The highest BCUT2D eigenvalue weighted by molar-refractivity contribution is 5.93. The number of carbonyl (C=O) groups is 1. The zero-order valence-corrected chi connectivity index (χ0v) is 9.86. The second-order valence-corrected chi connectivity index (χ2v) is 3.84. The maximum atomic E-state index is 11.3. The minimum Gasteiger partial charge on any atom is -0.338 e. The maximum absolute atomic E-state index is 11.3. The van der Waals surface area contributed by atoms with Gasteiger partial charge in [-0.05, 0) is 12.5 Å². The highest BCUT2D eigenvalue weighted by Gasteiger charge is 2.12. The molecule has 1 aromatic heterocycles. The molecule has 0 saturated heterocycles. The van der Waals surface area contributed by atoms with Crippen LogP contribution in [0.4, 0.5) is 5.88 Å². The largest absolute Gasteiger partial charge is 0.338 e. The van der Waals surface area contributed by atoms with Crippen LogP contribution in [0.25, 0.3) is 11.1 Å². The molecule has 88 valence electrons. The average Bonchev–Trinajstić information content (AvgIpc) is 2.78. The van der Waals surface area contributed by atoms with Crippen molar-refractivity contribution in [3.05, 3.63) is 36.0 Å². The SMILES string of the molecule is CCC(=O)Nc1oncc1-c1ccc(C)cc1. The first-order chi connectivity index (χ1) is 8.20. The molecule has 0 fully saturated rings. The molecule has 2 aromatic rings. The first-order valence-electron chi connectivity index (χ1n) is 5.52. The zero-order valence-electron chi connectivity index (χ0n) is 9.86. The van der Waals surface area contributed by atoms with E-state index < -0.39 is 0 Å². The number of aryl methyl sites for hydroxylation is 1. The summed E-state index contributed by atoms with van der Waals surface area (Å²) < 4.78 is 5.04. The van der Waals surface area contributed by atoms with Crippen LogP contribution in [0.15, 0.2) is 35.0 Å². The van der Waals surface area contributed by atoms with E-state index in [0.29, 0.717) is 12.3 Å². The van der Waals surface area contributed by atoms with Crippen molar-refractivity contribution in [3.8, 4) is 11.1 Å². The number of aromatic nitrogens is 1. The van der Waals surface area contributed by atoms with Crippen LogP contribution in [0.2, 0.25) is 0 Å². The van der Waals surface area contributed by atoms with E-state index in [0.717, 1.165) is 11.1 Å². The molecule has 0 spiro atoms. The van der Waals surface area contributed by atoms with E-state index in [4.69, 9.17) is 4.52 Å². The van der Waals surface area contributed by atoms with E-state index in [9.17, 15) is 4.79 Å². The van der Waals surface area contributed by atoms with E-state index in [2.05, 4.69) is 10.5 Å². The Morgan fingerprint density at radius 1 is 1.35 bits per heavy atom. The molecule has 0 aliphatic carbocycles. The molecule has 1 heterocycles. The number of hydrogen-bond donors (Lipinski definition) is 1. The molecule has 4 nitrogen and oxygen atoms in total. The lowest BCUT2D eigenvalue weighted by molar-refractivity contribution is -0.116. The third kappa shape index (κ3) is 2.53. The fraction of sp³-hybridized carbons (Fsp3) is 0.231. The van der Waals surface area contributed by atoms with Crippen molar-refractivity contribution in [1.82, 2.24) is 5.16 Å². The van der Waals surface area contributed by atoms with Crippen LogP contribution in [-0.4, -0.2) is 11.1 Å². The topological polar surface area (TPSA) is 55.1 Å². The highest BCUT2D eigenvalue weighted by atomic mass is 16.5. The van der Waals surface area contributed by atoms with Gasteiger partial charge in [0.15, 0.2) is 0 Å². The van der Waals surface area contributed by atoms with Crippen LogP contribution < -0.4 is 5.32 Å². The summed E-state index contributed by atoms with van der Waals surface area (Å²) in [6.45, 7) is 3.81. The van der Waals surface area contributed by atoms with Gasteiger partial charge in [0.2, 0.25) is 11.8 Å². The first-order valence-corrected chi connectivity index (χ1v) is 5.52. The fourth-order valence-corrected chi connectivity index (χ4v) is 1.48. The molecule has 0 bridgehead atoms. The van der Waals surface area contributed by atoms with E-state index in [1.165, 1.54) is 5.56 Å². The van der Waals surface area contributed by atoms with Crippen molar-refractivity contribution in [1.29, 1.82) is 0 Å². The van der Waals surface area contributed by atoms with Crippen molar-refractivity contribution in [2.45, 2.75) is 20.3 Å². The van der Waals surface area contributed by atoms with Crippen LogP contribution in [0.5, 0.6) is 0 Å². The summed E-state index contributed by atoms with van der Waals surface area (Å²) >= 11 is 0. The standard InChI is InChI=1S/C13H14N2O2/c1-3-12(16)15-13-11(8-14-17-13)10-6-4-9(2)5-7-10/h4-8H,3H2,1-2H3,(H,15,16). The maximum Gasteiger partial charge on any atom is 0.239 e. The summed E-state index contributed by atoms with van der Waals surface area (Å²) in [5.74, 6) is 0.316. The Bertz CT molecular complexity index is 514. The Labute approximate surface area is 99.6 Å². The van der Waals surface area contributed by atoms with Gasteiger partial charge in [-0.3, -0.25) is 10.1 Å². The van der Waals surface area contributed by atoms with E-state index in [1.807, 2.05) is 31.2 Å². The third-order valence-electron chi connectivity index (χ3n) is 2.51. The second-order valence-electron chi connectivity index (χ2n) is 3.84. The molecule has 1 aromatic carbocycles. The van der Waals surface area contributed by atoms with Crippen LogP contribution >= 0.6 is 0 Å². The lowest BCUT2D eigenvalue weighted by atomic mass is 10.1. The Morgan fingerprint density at radius 3 is 2.71 bits per heavy atom. The Kier molecular flexibility index (Phi) is 3.23. The van der Waals surface area contributed by atoms with Gasteiger partial charge in [0.25, 0.3) is 0 Å². The summed E-state index contributed by atoms with van der Waals surface area (Å²) in [5.41, 5.74) is 2.96. The lowest BCUT2D eigenvalue weighted by Crippen LogP contribution is -2.09. The first kappa shape index (κ1) is 11.4. The molecule has 2 rings (SSSR count). The number of nitrogens with one attached hydrogen (secondary N) is 1. The van der Waals surface area contributed by atoms with Crippen molar-refractivity contribution in [3.63, 3.8) is 0 Å². The highest BCUT2D eigenvalue weighted by Crippen LogP contribution is 2.27. The average molecular weight is 230 g/mol. The van der Waals surface area contributed by atoms with Crippen LogP contribution in [0, 0.1) is 6.92 Å². The molecule has 4 heteroatoms. The van der Waals surface area contributed by atoms with Crippen molar-refractivity contribution in [2.24, 2.45) is 0 Å². The smallest absolute Gasteiger partial charge is 0.239 e. The normalized spacial score (nSPS) is 10.2. The van der Waals surface area contributed by atoms with Gasteiger partial charge in [-0.25, -0.2) is 0 Å². The van der Waals surface area contributed by atoms with Gasteiger partial charge >= 0.3 is 0 Å². The van der Waals surface area contributed by atoms with Gasteiger partial charge in [-0.2, -0.15) is 0 Å². The van der Waals surface area contributed by atoms with Gasteiger partial charge in [0.05, 0.1) is 11.8 Å². The molecule has 0 saturated carbocycles. The molecular weight excluding hydrogens is 216 g/mol. The van der Waals surface area contributed by atoms with Crippen molar-refractivity contribution in [2.75, 3.05) is 5.32 Å². The molecule has 17 heavy (non-hydrogen) atoms. The second kappa shape index (κ2) is 4.82. The summed E-state index contributed by atoms with van der Waals surface area (Å²) in [7, 11) is 0. The predicted octanol–water partition coefficient (Wildman–Crippen LogP) is 3.00. The van der Waals surface area contributed by atoms with Crippen LogP contribution in [-0.2, 0) is 4.79 Å². The molecule has 0 radical (unpaired) electrons. The molecule has 1 N–H and O–H groups in total. The Morgan fingerprint density at radius 2 is 2.06 bits per heavy atom. The monoisotopic (exact) mass is 230 g/mol. The summed E-state index contributed by atoms with van der Waals surface area (Å²) in [5, 5.41) is 6.40. The fourth-order valence-electron chi connectivity index (χ4n) is 1.48. The minimum atomic E-state index is -0.0879. The predicted molar refractivity (Wildman–Crippen MR) is 65.6 cm³/mol. The molecule has 0 aliphatic rings. The van der Waals surface area contributed by atoms with Gasteiger partial charge in [-0.1, -0.05) is 41.9 Å². The number of anilines is 1. The molecule has 0 aliphatic heterocycles. The summed E-state index contributed by atoms with van der Waals surface area (Å²) in [6, 6.07) is 7.97. The molecular formula is C13H14N2O2. The number of amides is 1. The molecule has 0 unspecified atom stereocenters. The minimum absolute atomic E-state index is 0.0879. The zero-order chi connectivity index (χ0) is 12.3. The number of benzene rings is 1. The number of rotatable bonds is 3. The van der Waals surface area contributed by atoms with Crippen LogP contribution in [0.1, 0.15) is 18.9 Å². The Balaban J connectivity index is 2.30. The molecule has 1 amide bonds. The van der Waals surface area contributed by atoms with E-state index >= 15 is 0 Å². The van der Waals surface area contributed by atoms with Crippen LogP contribution in [0.3, 0.4) is 0 Å². The van der Waals surface area contributed by atoms with Crippen molar-refractivity contribution < 1.29 is 9.32 Å². The van der Waals surface area contributed by atoms with Gasteiger partial charge < -0.3 is 4.52 Å². The number of hydrogen-bond acceptors (Lipinski definition) is 3. The number of carbonyl (C=O) groups excluding carboxylic acids is 1. The summed E-state index contributed by atoms with van der Waals surface area (Å²) in [4.78, 5) is 11.3. The quantitative estimate of drug-likeness (QED) is 0.881. The van der Waals surface area contributed by atoms with Gasteiger partial charge in [-0.15, -0.1) is 0 Å². The third-order valence-corrected chi connectivity index (χ3v) is 2.51. The van der Waals surface area contributed by atoms with Crippen molar-refractivity contribution >= 4 is 11.8 Å². The van der Waals surface area contributed by atoms with E-state index in [1.54, 1.807) is 13.1 Å². The Hall–Kier alpha value is -2.10. The number of nitrogens with zero attached hydrogens (tertiary/aromatic N) is 1. The summed E-state index contributed by atoms with van der Waals surface area (Å²) in [6.07, 6.45) is 2.02.